The highest BCUT2D eigenvalue weighted by Gasteiger charge is 2.33. The predicted octanol–water partition coefficient (Wildman–Crippen LogP) is 2.33. The predicted molar refractivity (Wildman–Crippen MR) is 80.3 cm³/mol. The lowest BCUT2D eigenvalue weighted by atomic mass is 10.0. The van der Waals surface area contributed by atoms with Gasteiger partial charge in [-0.15, -0.1) is 0 Å². The van der Waals surface area contributed by atoms with Gasteiger partial charge in [-0.1, -0.05) is 12.1 Å². The average Bonchev–Trinajstić information content (AvgIpc) is 2.90. The first kappa shape index (κ1) is 14.7. The van der Waals surface area contributed by atoms with Crippen molar-refractivity contribution in [3.8, 4) is 5.88 Å². The van der Waals surface area contributed by atoms with Gasteiger partial charge < -0.3 is 14.7 Å². The molecule has 1 fully saturated rings. The van der Waals surface area contributed by atoms with E-state index in [1.54, 1.807) is 12.1 Å². The van der Waals surface area contributed by atoms with Gasteiger partial charge in [-0.25, -0.2) is 14.4 Å². The van der Waals surface area contributed by atoms with Crippen molar-refractivity contribution in [2.45, 2.75) is 25.5 Å². The maximum Gasteiger partial charge on any atom is 0.218 e. The molecule has 1 N–H and O–H groups in total. The third-order valence-corrected chi connectivity index (χ3v) is 3.73. The molecule has 1 aromatic heterocycles. The molecular formula is C16H18FN3O2. The first-order chi connectivity index (χ1) is 10.7. The molecule has 0 spiro atoms. The Morgan fingerprint density at radius 1 is 1.36 bits per heavy atom. The molecule has 0 amide bonds. The molecule has 6 heteroatoms. The van der Waals surface area contributed by atoms with Crippen molar-refractivity contribution >= 4 is 5.82 Å². The van der Waals surface area contributed by atoms with Crippen LogP contribution < -0.4 is 9.64 Å². The van der Waals surface area contributed by atoms with Crippen LogP contribution in [0.4, 0.5) is 10.2 Å². The Bertz CT molecular complexity index is 653. The highest BCUT2D eigenvalue weighted by Crippen LogP contribution is 2.36. The minimum Gasteiger partial charge on any atom is -0.478 e. The van der Waals surface area contributed by atoms with E-state index in [0.29, 0.717) is 31.3 Å². The third-order valence-electron chi connectivity index (χ3n) is 3.73. The van der Waals surface area contributed by atoms with Gasteiger partial charge >= 0.3 is 0 Å². The van der Waals surface area contributed by atoms with Crippen molar-refractivity contribution in [2.24, 2.45) is 0 Å². The summed E-state index contributed by atoms with van der Waals surface area (Å²) in [7, 11) is 0. The Hall–Kier alpha value is -2.21. The number of nitrogens with zero attached hydrogens (tertiary/aromatic N) is 3. The van der Waals surface area contributed by atoms with E-state index in [9.17, 15) is 9.50 Å². The maximum absolute atomic E-state index is 13.5. The van der Waals surface area contributed by atoms with Crippen molar-refractivity contribution in [2.75, 3.05) is 18.1 Å². The minimum atomic E-state index is -0.473. The van der Waals surface area contributed by atoms with Crippen LogP contribution in [0.3, 0.4) is 0 Å². The standard InChI is InChI=1S/C16H18FN3O2/c1-2-22-16-8-15(18-10-19-16)20-9-13(21)7-14(20)11-4-3-5-12(17)6-11/h3-6,8,10,13-14,21H,2,7,9H2,1H3/t13-,14+/m0/s1. The van der Waals surface area contributed by atoms with Gasteiger partial charge in [-0.3, -0.25) is 0 Å². The number of benzene rings is 1. The van der Waals surface area contributed by atoms with Crippen molar-refractivity contribution in [3.63, 3.8) is 0 Å². The number of aliphatic hydroxyl groups excluding tert-OH is 1. The van der Waals surface area contributed by atoms with Crippen molar-refractivity contribution in [1.82, 2.24) is 9.97 Å². The third kappa shape index (κ3) is 3.01. The van der Waals surface area contributed by atoms with Crippen LogP contribution in [0.15, 0.2) is 36.7 Å². The lowest BCUT2D eigenvalue weighted by Gasteiger charge is -2.25. The lowest BCUT2D eigenvalue weighted by Crippen LogP contribution is -2.25. The Morgan fingerprint density at radius 3 is 3.00 bits per heavy atom. The molecule has 5 nitrogen and oxygen atoms in total. The number of aliphatic hydroxyl groups is 1. The van der Waals surface area contributed by atoms with Gasteiger partial charge in [0.15, 0.2) is 0 Å². The van der Waals surface area contributed by atoms with Crippen LogP contribution in [0, 0.1) is 5.82 Å². The summed E-state index contributed by atoms with van der Waals surface area (Å²) in [4.78, 5) is 10.3. The Kier molecular flexibility index (Phi) is 4.20. The molecule has 3 rings (SSSR count). The second-order valence-electron chi connectivity index (χ2n) is 5.26. The van der Waals surface area contributed by atoms with Crippen LogP contribution in [-0.4, -0.2) is 34.3 Å². The first-order valence-corrected chi connectivity index (χ1v) is 7.32. The van der Waals surface area contributed by atoms with Crippen LogP contribution in [-0.2, 0) is 0 Å². The molecule has 1 saturated heterocycles. The van der Waals surface area contributed by atoms with E-state index < -0.39 is 6.10 Å². The first-order valence-electron chi connectivity index (χ1n) is 7.32. The molecule has 22 heavy (non-hydrogen) atoms. The van der Waals surface area contributed by atoms with Gasteiger partial charge in [0.05, 0.1) is 18.8 Å². The van der Waals surface area contributed by atoms with Gasteiger partial charge in [0.2, 0.25) is 5.88 Å². The van der Waals surface area contributed by atoms with Crippen LogP contribution in [0.2, 0.25) is 0 Å². The number of halogens is 1. The van der Waals surface area contributed by atoms with Crippen LogP contribution >= 0.6 is 0 Å². The quantitative estimate of drug-likeness (QED) is 0.939. The van der Waals surface area contributed by atoms with Crippen LogP contribution in [0.5, 0.6) is 5.88 Å². The highest BCUT2D eigenvalue weighted by molar-refractivity contribution is 5.46. The number of hydrogen-bond acceptors (Lipinski definition) is 5. The molecule has 0 saturated carbocycles. The molecule has 2 heterocycles. The zero-order valence-electron chi connectivity index (χ0n) is 12.3. The fourth-order valence-electron chi connectivity index (χ4n) is 2.81. The van der Waals surface area contributed by atoms with E-state index in [2.05, 4.69) is 9.97 Å². The van der Waals surface area contributed by atoms with Gasteiger partial charge in [-0.05, 0) is 31.0 Å². The number of hydrogen-bond donors (Lipinski definition) is 1. The van der Waals surface area contributed by atoms with Crippen LogP contribution in [0.1, 0.15) is 24.9 Å². The van der Waals surface area contributed by atoms with E-state index in [1.165, 1.54) is 18.5 Å². The van der Waals surface area contributed by atoms with E-state index in [0.717, 1.165) is 5.56 Å². The monoisotopic (exact) mass is 303 g/mol. The number of anilines is 1. The molecule has 116 valence electrons. The zero-order valence-corrected chi connectivity index (χ0v) is 12.3. The summed E-state index contributed by atoms with van der Waals surface area (Å²) < 4.78 is 18.9. The molecule has 2 atom stereocenters. The van der Waals surface area contributed by atoms with Gasteiger partial charge in [0, 0.05) is 12.6 Å². The smallest absolute Gasteiger partial charge is 0.218 e. The summed E-state index contributed by atoms with van der Waals surface area (Å²) in [6.45, 7) is 2.85. The van der Waals surface area contributed by atoms with E-state index in [4.69, 9.17) is 4.74 Å². The van der Waals surface area contributed by atoms with Gasteiger partial charge in [0.1, 0.15) is 18.0 Å². The summed E-state index contributed by atoms with van der Waals surface area (Å²) in [6.07, 6.45) is 1.50. The number of β-amino-alcohol motifs (C(OH)–C–C–N with tert-alkyl or cyclic N) is 1. The largest absolute Gasteiger partial charge is 0.478 e. The lowest BCUT2D eigenvalue weighted by molar-refractivity contribution is 0.194. The van der Waals surface area contributed by atoms with Crippen molar-refractivity contribution in [3.05, 3.63) is 48.0 Å². The Morgan fingerprint density at radius 2 is 2.23 bits per heavy atom. The zero-order chi connectivity index (χ0) is 15.5. The van der Waals surface area contributed by atoms with E-state index >= 15 is 0 Å². The Labute approximate surface area is 128 Å². The molecule has 0 aliphatic carbocycles. The topological polar surface area (TPSA) is 58.5 Å². The number of rotatable bonds is 4. The average molecular weight is 303 g/mol. The Balaban J connectivity index is 1.92. The second kappa shape index (κ2) is 6.27. The molecule has 2 aromatic rings. The normalized spacial score (nSPS) is 21.1. The number of ether oxygens (including phenoxy) is 1. The van der Waals surface area contributed by atoms with Gasteiger partial charge in [0.25, 0.3) is 0 Å². The maximum atomic E-state index is 13.5. The fourth-order valence-corrected chi connectivity index (χ4v) is 2.81. The van der Waals surface area contributed by atoms with Crippen molar-refractivity contribution in [1.29, 1.82) is 0 Å². The molecular weight excluding hydrogens is 285 g/mol. The summed E-state index contributed by atoms with van der Waals surface area (Å²) in [5, 5.41) is 10.0. The molecule has 1 aromatic carbocycles. The summed E-state index contributed by atoms with van der Waals surface area (Å²) in [6, 6.07) is 8.09. The number of aromatic nitrogens is 2. The SMILES string of the molecule is CCOc1cc(N2C[C@@H](O)C[C@@H]2c2cccc(F)c2)ncn1. The molecule has 0 bridgehead atoms. The minimum absolute atomic E-state index is 0.116. The summed E-state index contributed by atoms with van der Waals surface area (Å²) in [5.74, 6) is 0.882. The fraction of sp³-hybridized carbons (Fsp3) is 0.375. The van der Waals surface area contributed by atoms with Crippen LogP contribution in [0.25, 0.3) is 0 Å². The molecule has 0 radical (unpaired) electrons. The van der Waals surface area contributed by atoms with Gasteiger partial charge in [-0.2, -0.15) is 0 Å². The van der Waals surface area contributed by atoms with E-state index in [-0.39, 0.29) is 11.9 Å². The summed E-state index contributed by atoms with van der Waals surface area (Å²) in [5.41, 5.74) is 0.827. The second-order valence-corrected chi connectivity index (χ2v) is 5.26. The molecule has 1 aliphatic heterocycles. The summed E-state index contributed by atoms with van der Waals surface area (Å²) >= 11 is 0. The highest BCUT2D eigenvalue weighted by atomic mass is 19.1. The molecule has 1 aliphatic rings. The van der Waals surface area contributed by atoms with Crippen molar-refractivity contribution < 1.29 is 14.2 Å². The molecule has 0 unspecified atom stereocenters. The van der Waals surface area contributed by atoms with E-state index in [1.807, 2.05) is 17.9 Å².